The van der Waals surface area contributed by atoms with Gasteiger partial charge in [-0.25, -0.2) is 4.79 Å². The maximum absolute atomic E-state index is 12.0. The Balaban J connectivity index is 1.76. The molecule has 0 heterocycles. The van der Waals surface area contributed by atoms with E-state index >= 15 is 0 Å². The number of hydrogen-bond donors (Lipinski definition) is 1. The van der Waals surface area contributed by atoms with Gasteiger partial charge in [0.1, 0.15) is 5.75 Å². The lowest BCUT2D eigenvalue weighted by Gasteiger charge is -2.14. The third kappa shape index (κ3) is 6.76. The van der Waals surface area contributed by atoms with E-state index in [0.717, 1.165) is 19.3 Å². The van der Waals surface area contributed by atoms with Crippen LogP contribution < -0.4 is 10.1 Å². The maximum atomic E-state index is 12.0. The molecule has 28 heavy (non-hydrogen) atoms. The molecule has 0 bridgehead atoms. The van der Waals surface area contributed by atoms with Gasteiger partial charge in [0.2, 0.25) is 0 Å². The van der Waals surface area contributed by atoms with Crippen LogP contribution in [0.15, 0.2) is 48.5 Å². The molecule has 1 atom stereocenters. The average molecular weight is 380 g/mol. The van der Waals surface area contributed by atoms with Crippen LogP contribution in [0.1, 0.15) is 37.8 Å². The van der Waals surface area contributed by atoms with E-state index in [1.165, 1.54) is 12.5 Å². The van der Waals surface area contributed by atoms with Gasteiger partial charge in [-0.2, -0.15) is 5.26 Å². The normalized spacial score (nSPS) is 11.2. The van der Waals surface area contributed by atoms with Crippen molar-refractivity contribution in [2.45, 2.75) is 39.2 Å². The summed E-state index contributed by atoms with van der Waals surface area (Å²) >= 11 is 0. The van der Waals surface area contributed by atoms with Crippen LogP contribution in [0.4, 0.5) is 5.69 Å². The second-order valence-corrected chi connectivity index (χ2v) is 6.35. The molecule has 0 aliphatic rings. The first-order valence-electron chi connectivity index (χ1n) is 9.24. The number of unbranched alkanes of at least 4 members (excludes halogenated alkanes) is 1. The minimum Gasteiger partial charge on any atom is -0.479 e. The molecule has 0 saturated heterocycles. The van der Waals surface area contributed by atoms with Gasteiger partial charge in [-0.1, -0.05) is 25.5 Å². The first kappa shape index (κ1) is 21.0. The molecule has 0 radical (unpaired) electrons. The fourth-order valence-corrected chi connectivity index (χ4v) is 2.45. The summed E-state index contributed by atoms with van der Waals surface area (Å²) in [6.45, 7) is 3.29. The number of nitrogens with zero attached hydrogens (tertiary/aromatic N) is 1. The van der Waals surface area contributed by atoms with Crippen molar-refractivity contribution in [2.24, 2.45) is 0 Å². The Hall–Kier alpha value is -3.33. The Morgan fingerprint density at radius 3 is 2.39 bits per heavy atom. The molecule has 0 aliphatic carbocycles. The van der Waals surface area contributed by atoms with Crippen LogP contribution >= 0.6 is 0 Å². The van der Waals surface area contributed by atoms with Crippen LogP contribution in [0.5, 0.6) is 5.75 Å². The second kappa shape index (κ2) is 10.7. The zero-order chi connectivity index (χ0) is 20.4. The van der Waals surface area contributed by atoms with Gasteiger partial charge in [0.05, 0.1) is 11.6 Å². The molecule has 2 aromatic rings. The monoisotopic (exact) mass is 380 g/mol. The van der Waals surface area contributed by atoms with Crippen LogP contribution in [-0.4, -0.2) is 24.6 Å². The highest BCUT2D eigenvalue weighted by Crippen LogP contribution is 2.14. The quantitative estimate of drug-likeness (QED) is 0.668. The molecule has 2 rings (SSSR count). The van der Waals surface area contributed by atoms with Crippen molar-refractivity contribution in [3.05, 3.63) is 59.7 Å². The SMILES string of the molecule is CCCCc1ccc(NC(=O)COC(=O)[C@H](C)Oc2ccc(C#N)cc2)cc1. The van der Waals surface area contributed by atoms with Crippen LogP contribution in [0.25, 0.3) is 0 Å². The van der Waals surface area contributed by atoms with Crippen molar-refractivity contribution < 1.29 is 19.1 Å². The van der Waals surface area contributed by atoms with Gasteiger partial charge in [0.25, 0.3) is 5.91 Å². The number of nitriles is 1. The van der Waals surface area contributed by atoms with Crippen molar-refractivity contribution in [1.29, 1.82) is 5.26 Å². The number of benzene rings is 2. The number of amides is 1. The summed E-state index contributed by atoms with van der Waals surface area (Å²) in [4.78, 5) is 24.0. The van der Waals surface area contributed by atoms with Gasteiger partial charge in [0, 0.05) is 5.69 Å². The number of esters is 1. The summed E-state index contributed by atoms with van der Waals surface area (Å²) < 4.78 is 10.5. The third-order valence-electron chi connectivity index (χ3n) is 4.03. The Morgan fingerprint density at radius 1 is 1.11 bits per heavy atom. The second-order valence-electron chi connectivity index (χ2n) is 6.35. The van der Waals surface area contributed by atoms with Crippen LogP contribution in [0.3, 0.4) is 0 Å². The fraction of sp³-hybridized carbons (Fsp3) is 0.318. The summed E-state index contributed by atoms with van der Waals surface area (Å²) in [5, 5.41) is 11.5. The minimum absolute atomic E-state index is 0.391. The Bertz CT molecular complexity index is 823. The van der Waals surface area contributed by atoms with E-state index in [-0.39, 0.29) is 0 Å². The molecule has 0 unspecified atom stereocenters. The number of carbonyl (C=O) groups is 2. The summed E-state index contributed by atoms with van der Waals surface area (Å²) in [6, 6.07) is 16.0. The molecule has 2 aromatic carbocycles. The zero-order valence-electron chi connectivity index (χ0n) is 16.1. The number of rotatable bonds is 9. The van der Waals surface area contributed by atoms with E-state index in [0.29, 0.717) is 17.0 Å². The highest BCUT2D eigenvalue weighted by molar-refractivity contribution is 5.93. The molecule has 1 N–H and O–H groups in total. The smallest absolute Gasteiger partial charge is 0.347 e. The van der Waals surface area contributed by atoms with Crippen LogP contribution in [0.2, 0.25) is 0 Å². The van der Waals surface area contributed by atoms with Gasteiger partial charge in [-0.3, -0.25) is 4.79 Å². The van der Waals surface area contributed by atoms with E-state index < -0.39 is 24.6 Å². The summed E-state index contributed by atoms with van der Waals surface area (Å²) in [7, 11) is 0. The molecule has 0 spiro atoms. The largest absolute Gasteiger partial charge is 0.479 e. The average Bonchev–Trinajstić information content (AvgIpc) is 2.72. The number of carbonyl (C=O) groups excluding carboxylic acids is 2. The third-order valence-corrected chi connectivity index (χ3v) is 4.03. The number of nitrogens with one attached hydrogen (secondary N) is 1. The highest BCUT2D eigenvalue weighted by Gasteiger charge is 2.18. The summed E-state index contributed by atoms with van der Waals surface area (Å²) in [5.41, 5.74) is 2.38. The molecule has 6 nitrogen and oxygen atoms in total. The van der Waals surface area contributed by atoms with Gasteiger partial charge in [-0.15, -0.1) is 0 Å². The lowest BCUT2D eigenvalue weighted by molar-refractivity contribution is -0.153. The Morgan fingerprint density at radius 2 is 1.79 bits per heavy atom. The number of anilines is 1. The van der Waals surface area contributed by atoms with Gasteiger partial charge >= 0.3 is 5.97 Å². The van der Waals surface area contributed by atoms with Crippen molar-refractivity contribution in [1.82, 2.24) is 0 Å². The number of ether oxygens (including phenoxy) is 2. The van der Waals surface area contributed by atoms with E-state index in [1.54, 1.807) is 24.3 Å². The Labute approximate surface area is 165 Å². The van der Waals surface area contributed by atoms with Crippen LogP contribution in [0, 0.1) is 11.3 Å². The van der Waals surface area contributed by atoms with Crippen molar-refractivity contribution in [2.75, 3.05) is 11.9 Å². The predicted molar refractivity (Wildman–Crippen MR) is 106 cm³/mol. The molecule has 146 valence electrons. The first-order valence-corrected chi connectivity index (χ1v) is 9.24. The van der Waals surface area contributed by atoms with E-state index in [1.807, 2.05) is 30.3 Å². The predicted octanol–water partition coefficient (Wildman–Crippen LogP) is 3.85. The fourth-order valence-electron chi connectivity index (χ4n) is 2.45. The van der Waals surface area contributed by atoms with E-state index in [4.69, 9.17) is 14.7 Å². The lowest BCUT2D eigenvalue weighted by Crippen LogP contribution is -2.29. The van der Waals surface area contributed by atoms with Crippen molar-refractivity contribution in [3.63, 3.8) is 0 Å². The molecular formula is C22H24N2O4. The lowest BCUT2D eigenvalue weighted by atomic mass is 10.1. The van der Waals surface area contributed by atoms with Gasteiger partial charge < -0.3 is 14.8 Å². The van der Waals surface area contributed by atoms with Gasteiger partial charge in [-0.05, 0) is 61.7 Å². The topological polar surface area (TPSA) is 88.4 Å². The van der Waals surface area contributed by atoms with E-state index in [9.17, 15) is 9.59 Å². The molecular weight excluding hydrogens is 356 g/mol. The number of aryl methyl sites for hydroxylation is 1. The molecule has 1 amide bonds. The maximum Gasteiger partial charge on any atom is 0.347 e. The van der Waals surface area contributed by atoms with Crippen LogP contribution in [-0.2, 0) is 20.7 Å². The Kier molecular flexibility index (Phi) is 8.04. The molecule has 0 saturated carbocycles. The number of hydrogen-bond acceptors (Lipinski definition) is 5. The van der Waals surface area contributed by atoms with Crippen molar-refractivity contribution >= 4 is 17.6 Å². The molecule has 0 aliphatic heterocycles. The van der Waals surface area contributed by atoms with Crippen molar-refractivity contribution in [3.8, 4) is 11.8 Å². The standard InChI is InChI=1S/C22H24N2O4/c1-3-4-5-17-6-10-19(11-7-17)24-21(25)15-27-22(26)16(2)28-20-12-8-18(14-23)9-13-20/h6-13,16H,3-5,15H2,1-2H3,(H,24,25)/t16-/m0/s1. The minimum atomic E-state index is -0.876. The molecule has 6 heteroatoms. The first-order chi connectivity index (χ1) is 13.5. The molecule has 0 aromatic heterocycles. The van der Waals surface area contributed by atoms with Gasteiger partial charge in [0.15, 0.2) is 12.7 Å². The molecule has 0 fully saturated rings. The highest BCUT2D eigenvalue weighted by atomic mass is 16.6. The summed E-state index contributed by atoms with van der Waals surface area (Å²) in [5.74, 6) is -0.620. The van der Waals surface area contributed by atoms with E-state index in [2.05, 4.69) is 12.2 Å². The zero-order valence-corrected chi connectivity index (χ0v) is 16.1. The summed E-state index contributed by atoms with van der Waals surface area (Å²) in [6.07, 6.45) is 2.40.